The first-order chi connectivity index (χ1) is 14.8. The maximum Gasteiger partial charge on any atom is 0.418 e. The average molecular weight is 435 g/mol. The van der Waals surface area contributed by atoms with E-state index >= 15 is 0 Å². The number of nitrogens with zero attached hydrogens (tertiary/aromatic N) is 2. The quantitative estimate of drug-likeness (QED) is 0.800. The van der Waals surface area contributed by atoms with E-state index in [0.717, 1.165) is 6.07 Å². The molecule has 0 bridgehead atoms. The Bertz CT molecular complexity index is 988. The van der Waals surface area contributed by atoms with Crippen molar-refractivity contribution in [2.75, 3.05) is 44.8 Å². The van der Waals surface area contributed by atoms with Crippen LogP contribution in [0.3, 0.4) is 0 Å². The van der Waals surface area contributed by atoms with E-state index in [4.69, 9.17) is 9.47 Å². The maximum atomic E-state index is 13.1. The summed E-state index contributed by atoms with van der Waals surface area (Å²) in [6, 6.07) is 9.87. The van der Waals surface area contributed by atoms with Crippen LogP contribution in [0.1, 0.15) is 15.9 Å². The fourth-order valence-corrected chi connectivity index (χ4v) is 3.55. The molecular formula is C21H20F3N3O4. The zero-order valence-electron chi connectivity index (χ0n) is 16.4. The minimum Gasteiger partial charge on any atom is -0.454 e. The number of hydrogen-bond donors (Lipinski definition) is 1. The van der Waals surface area contributed by atoms with Gasteiger partial charge in [-0.2, -0.15) is 13.2 Å². The number of fused-ring (bicyclic) bond motifs is 1. The van der Waals surface area contributed by atoms with Crippen LogP contribution >= 0.6 is 0 Å². The Morgan fingerprint density at radius 1 is 0.968 bits per heavy atom. The molecule has 2 aromatic carbocycles. The van der Waals surface area contributed by atoms with Gasteiger partial charge in [-0.1, -0.05) is 12.1 Å². The molecule has 0 atom stereocenters. The summed E-state index contributed by atoms with van der Waals surface area (Å²) < 4.78 is 49.8. The minimum absolute atomic E-state index is 0.0573. The van der Waals surface area contributed by atoms with Crippen LogP contribution in [0.2, 0.25) is 0 Å². The molecule has 164 valence electrons. The van der Waals surface area contributed by atoms with Gasteiger partial charge in [0.05, 0.1) is 17.8 Å². The lowest BCUT2D eigenvalue weighted by Gasteiger charge is -2.34. The van der Waals surface area contributed by atoms with Crippen molar-refractivity contribution in [3.63, 3.8) is 0 Å². The molecule has 1 saturated heterocycles. The van der Waals surface area contributed by atoms with E-state index in [1.807, 2.05) is 0 Å². The Kier molecular flexibility index (Phi) is 5.73. The largest absolute Gasteiger partial charge is 0.454 e. The van der Waals surface area contributed by atoms with E-state index in [9.17, 15) is 22.8 Å². The number of carbonyl (C=O) groups is 2. The molecule has 2 amide bonds. The summed E-state index contributed by atoms with van der Waals surface area (Å²) in [4.78, 5) is 28.5. The number of nitrogens with one attached hydrogen (secondary N) is 1. The van der Waals surface area contributed by atoms with Crippen molar-refractivity contribution in [3.8, 4) is 11.5 Å². The zero-order chi connectivity index (χ0) is 22.0. The second kappa shape index (κ2) is 8.46. The normalized spacial score (nSPS) is 16.3. The smallest absolute Gasteiger partial charge is 0.418 e. The van der Waals surface area contributed by atoms with Gasteiger partial charge in [-0.25, -0.2) is 0 Å². The van der Waals surface area contributed by atoms with Crippen molar-refractivity contribution in [1.82, 2.24) is 9.80 Å². The van der Waals surface area contributed by atoms with Crippen LogP contribution in [0.5, 0.6) is 11.5 Å². The van der Waals surface area contributed by atoms with Crippen LogP contribution in [0.25, 0.3) is 0 Å². The van der Waals surface area contributed by atoms with Gasteiger partial charge in [0.25, 0.3) is 5.91 Å². The molecule has 0 unspecified atom stereocenters. The van der Waals surface area contributed by atoms with E-state index in [2.05, 4.69) is 5.32 Å². The predicted octanol–water partition coefficient (Wildman–Crippen LogP) is 2.83. The third-order valence-electron chi connectivity index (χ3n) is 5.15. The molecule has 1 N–H and O–H groups in total. The Hall–Kier alpha value is -3.27. The summed E-state index contributed by atoms with van der Waals surface area (Å²) >= 11 is 0. The number of hydrogen-bond acceptors (Lipinski definition) is 5. The molecule has 2 aliphatic heterocycles. The van der Waals surface area contributed by atoms with Gasteiger partial charge in [0.15, 0.2) is 11.5 Å². The van der Waals surface area contributed by atoms with Crippen molar-refractivity contribution in [1.29, 1.82) is 0 Å². The second-order valence-corrected chi connectivity index (χ2v) is 7.23. The summed E-state index contributed by atoms with van der Waals surface area (Å²) in [6.07, 6.45) is -4.55. The van der Waals surface area contributed by atoms with E-state index in [1.165, 1.54) is 18.2 Å². The number of halogens is 3. The number of rotatable bonds is 4. The van der Waals surface area contributed by atoms with E-state index in [0.29, 0.717) is 43.2 Å². The summed E-state index contributed by atoms with van der Waals surface area (Å²) in [5, 5.41) is 2.34. The van der Waals surface area contributed by atoms with Crippen molar-refractivity contribution >= 4 is 17.5 Å². The van der Waals surface area contributed by atoms with Gasteiger partial charge in [-0.3, -0.25) is 14.5 Å². The molecule has 1 fully saturated rings. The maximum absolute atomic E-state index is 13.1. The Morgan fingerprint density at radius 3 is 2.42 bits per heavy atom. The lowest BCUT2D eigenvalue weighted by atomic mass is 10.1. The van der Waals surface area contributed by atoms with Gasteiger partial charge in [-0.05, 0) is 30.3 Å². The summed E-state index contributed by atoms with van der Waals surface area (Å²) in [5.74, 6) is 0.438. The molecule has 7 nitrogen and oxygen atoms in total. The highest BCUT2D eigenvalue weighted by atomic mass is 19.4. The highest BCUT2D eigenvalue weighted by Gasteiger charge is 2.33. The van der Waals surface area contributed by atoms with Crippen LogP contribution in [0.15, 0.2) is 42.5 Å². The standard InChI is InChI=1S/C21H20F3N3O4/c22-21(23,24)15-3-1-2-4-16(15)25-19(28)12-26-7-9-27(10-8-26)20(29)14-5-6-17-18(11-14)31-13-30-17/h1-6,11H,7-10,12-13H2,(H,25,28). The number of benzene rings is 2. The van der Waals surface area contributed by atoms with Crippen LogP contribution in [0.4, 0.5) is 18.9 Å². The van der Waals surface area contributed by atoms with Crippen molar-refractivity contribution in [3.05, 3.63) is 53.6 Å². The molecule has 10 heteroatoms. The predicted molar refractivity (Wildman–Crippen MR) is 105 cm³/mol. The SMILES string of the molecule is O=C(CN1CCN(C(=O)c2ccc3c(c2)OCO3)CC1)Nc1ccccc1C(F)(F)F. The third-order valence-corrected chi connectivity index (χ3v) is 5.15. The fourth-order valence-electron chi connectivity index (χ4n) is 3.55. The van der Waals surface area contributed by atoms with E-state index in [1.54, 1.807) is 28.0 Å². The Balaban J connectivity index is 1.30. The number of piperazine rings is 1. The molecule has 2 aromatic rings. The zero-order valence-corrected chi connectivity index (χ0v) is 16.4. The van der Waals surface area contributed by atoms with E-state index < -0.39 is 17.6 Å². The third kappa shape index (κ3) is 4.74. The molecule has 31 heavy (non-hydrogen) atoms. The van der Waals surface area contributed by atoms with Crippen LogP contribution in [-0.2, 0) is 11.0 Å². The number of amides is 2. The highest BCUT2D eigenvalue weighted by molar-refractivity contribution is 5.95. The number of para-hydroxylation sites is 1. The number of ether oxygens (including phenoxy) is 2. The van der Waals surface area contributed by atoms with Crippen LogP contribution in [0, 0.1) is 0 Å². The van der Waals surface area contributed by atoms with E-state index in [-0.39, 0.29) is 24.9 Å². The second-order valence-electron chi connectivity index (χ2n) is 7.23. The van der Waals surface area contributed by atoms with Crippen molar-refractivity contribution < 1.29 is 32.2 Å². The van der Waals surface area contributed by atoms with Crippen LogP contribution < -0.4 is 14.8 Å². The first kappa shape index (κ1) is 21.0. The fraction of sp³-hybridized carbons (Fsp3) is 0.333. The monoisotopic (exact) mass is 435 g/mol. The van der Waals surface area contributed by atoms with Gasteiger partial charge < -0.3 is 19.7 Å². The molecule has 0 spiro atoms. The molecule has 0 aliphatic carbocycles. The first-order valence-corrected chi connectivity index (χ1v) is 9.68. The van der Waals surface area contributed by atoms with Crippen LogP contribution in [-0.4, -0.2) is 61.1 Å². The Labute approximate surface area is 176 Å². The van der Waals surface area contributed by atoms with Crippen molar-refractivity contribution in [2.24, 2.45) is 0 Å². The minimum atomic E-state index is -4.55. The molecule has 2 heterocycles. The molecule has 0 aromatic heterocycles. The van der Waals surface area contributed by atoms with Crippen molar-refractivity contribution in [2.45, 2.75) is 6.18 Å². The first-order valence-electron chi connectivity index (χ1n) is 9.68. The summed E-state index contributed by atoms with van der Waals surface area (Å²) in [6.45, 7) is 1.74. The van der Waals surface area contributed by atoms with Gasteiger partial charge in [-0.15, -0.1) is 0 Å². The highest BCUT2D eigenvalue weighted by Crippen LogP contribution is 2.35. The lowest BCUT2D eigenvalue weighted by molar-refractivity contribution is -0.137. The molecule has 2 aliphatic rings. The molecular weight excluding hydrogens is 415 g/mol. The average Bonchev–Trinajstić information content (AvgIpc) is 3.21. The lowest BCUT2D eigenvalue weighted by Crippen LogP contribution is -2.50. The number of carbonyl (C=O) groups excluding carboxylic acids is 2. The summed E-state index contributed by atoms with van der Waals surface area (Å²) in [5.41, 5.74) is -0.668. The Morgan fingerprint density at radius 2 is 1.68 bits per heavy atom. The topological polar surface area (TPSA) is 71.1 Å². The molecule has 0 saturated carbocycles. The van der Waals surface area contributed by atoms with Gasteiger partial charge >= 0.3 is 6.18 Å². The molecule has 4 rings (SSSR count). The summed E-state index contributed by atoms with van der Waals surface area (Å²) in [7, 11) is 0. The number of alkyl halides is 3. The van der Waals surface area contributed by atoms with Gasteiger partial charge in [0, 0.05) is 31.7 Å². The van der Waals surface area contributed by atoms with Gasteiger partial charge in [0.2, 0.25) is 12.7 Å². The number of anilines is 1. The van der Waals surface area contributed by atoms with Gasteiger partial charge in [0.1, 0.15) is 0 Å². The molecule has 0 radical (unpaired) electrons.